The maximum atomic E-state index is 12.4. The van der Waals surface area contributed by atoms with Crippen molar-refractivity contribution in [3.8, 4) is 5.69 Å². The molecule has 0 fully saturated rings. The number of halogens is 2. The number of hydrogen-bond acceptors (Lipinski definition) is 4. The number of aromatic nitrogens is 1. The first-order valence-corrected chi connectivity index (χ1v) is 12.6. The Labute approximate surface area is 203 Å². The lowest BCUT2D eigenvalue weighted by Crippen LogP contribution is -2.39. The van der Waals surface area contributed by atoms with Gasteiger partial charge in [0.25, 0.3) is 5.91 Å². The Morgan fingerprint density at radius 3 is 2.48 bits per heavy atom. The molecular weight excluding hydrogens is 483 g/mol. The van der Waals surface area contributed by atoms with Crippen molar-refractivity contribution in [2.24, 2.45) is 5.10 Å². The molecule has 0 atom stereocenters. The van der Waals surface area contributed by atoms with Gasteiger partial charge in [0.2, 0.25) is 10.0 Å². The van der Waals surface area contributed by atoms with Gasteiger partial charge in [-0.25, -0.2) is 13.8 Å². The van der Waals surface area contributed by atoms with Crippen molar-refractivity contribution in [3.05, 3.63) is 81.1 Å². The molecule has 1 aromatic heterocycles. The van der Waals surface area contributed by atoms with Crippen LogP contribution >= 0.6 is 23.2 Å². The van der Waals surface area contributed by atoms with Crippen LogP contribution in [0.15, 0.2) is 53.6 Å². The van der Waals surface area contributed by atoms with Crippen molar-refractivity contribution >= 4 is 51.0 Å². The smallest absolute Gasteiger partial charge is 0.260 e. The van der Waals surface area contributed by atoms with Gasteiger partial charge in [0.15, 0.2) is 0 Å². The first kappa shape index (κ1) is 24.8. The number of benzene rings is 2. The Morgan fingerprint density at radius 1 is 1.12 bits per heavy atom. The van der Waals surface area contributed by atoms with Crippen LogP contribution in [-0.4, -0.2) is 37.9 Å². The number of carbonyl (C=O) groups is 1. The topological polar surface area (TPSA) is 83.8 Å². The van der Waals surface area contributed by atoms with Crippen molar-refractivity contribution in [1.29, 1.82) is 0 Å². The van der Waals surface area contributed by atoms with E-state index in [2.05, 4.69) is 10.5 Å². The van der Waals surface area contributed by atoms with Crippen molar-refractivity contribution in [2.45, 2.75) is 20.8 Å². The Bertz CT molecular complexity index is 1330. The summed E-state index contributed by atoms with van der Waals surface area (Å²) in [4.78, 5) is 12.4. The third-order valence-electron chi connectivity index (χ3n) is 4.99. The van der Waals surface area contributed by atoms with Crippen LogP contribution in [0.4, 0.5) is 5.69 Å². The molecule has 0 saturated heterocycles. The zero-order valence-electron chi connectivity index (χ0n) is 18.6. The average Bonchev–Trinajstić information content (AvgIpc) is 2.99. The van der Waals surface area contributed by atoms with Crippen molar-refractivity contribution in [3.63, 3.8) is 0 Å². The van der Waals surface area contributed by atoms with E-state index in [0.29, 0.717) is 15.7 Å². The van der Waals surface area contributed by atoms with Crippen LogP contribution < -0.4 is 9.73 Å². The number of hydrazone groups is 1. The van der Waals surface area contributed by atoms with E-state index in [1.807, 2.05) is 43.5 Å². The van der Waals surface area contributed by atoms with E-state index in [-0.39, 0.29) is 6.54 Å². The van der Waals surface area contributed by atoms with Gasteiger partial charge >= 0.3 is 0 Å². The van der Waals surface area contributed by atoms with Crippen LogP contribution in [0.5, 0.6) is 0 Å². The quantitative estimate of drug-likeness (QED) is 0.374. The minimum Gasteiger partial charge on any atom is -0.316 e. The molecule has 3 aromatic rings. The third-order valence-corrected chi connectivity index (χ3v) is 6.67. The number of anilines is 1. The second kappa shape index (κ2) is 9.99. The summed E-state index contributed by atoms with van der Waals surface area (Å²) in [6, 6.07) is 14.1. The Balaban J connectivity index is 1.76. The highest BCUT2D eigenvalue weighted by Gasteiger charge is 2.21. The molecule has 0 bridgehead atoms. The lowest BCUT2D eigenvalue weighted by Gasteiger charge is -2.21. The van der Waals surface area contributed by atoms with Gasteiger partial charge in [0.05, 0.1) is 28.9 Å². The van der Waals surface area contributed by atoms with E-state index < -0.39 is 15.9 Å². The summed E-state index contributed by atoms with van der Waals surface area (Å²) in [6.07, 6.45) is 2.57. The number of hydrogen-bond donors (Lipinski definition) is 1. The molecule has 2 aromatic carbocycles. The summed E-state index contributed by atoms with van der Waals surface area (Å²) in [5.41, 5.74) is 7.05. The number of carbonyl (C=O) groups excluding carboxylic acids is 1. The van der Waals surface area contributed by atoms with Gasteiger partial charge in [-0.05, 0) is 62.7 Å². The van der Waals surface area contributed by atoms with Crippen molar-refractivity contribution < 1.29 is 13.2 Å². The van der Waals surface area contributed by atoms with Gasteiger partial charge in [0.1, 0.15) is 6.54 Å². The molecule has 3 rings (SSSR count). The summed E-state index contributed by atoms with van der Waals surface area (Å²) in [5.74, 6) is -0.562. The highest BCUT2D eigenvalue weighted by Crippen LogP contribution is 2.28. The van der Waals surface area contributed by atoms with E-state index in [0.717, 1.165) is 38.8 Å². The monoisotopic (exact) mass is 506 g/mol. The predicted molar refractivity (Wildman–Crippen MR) is 134 cm³/mol. The second-order valence-corrected chi connectivity index (χ2v) is 10.4. The number of nitrogens with one attached hydrogen (secondary N) is 1. The molecule has 7 nitrogen and oxygen atoms in total. The lowest BCUT2D eigenvalue weighted by molar-refractivity contribution is -0.119. The lowest BCUT2D eigenvalue weighted by atomic mass is 10.2. The average molecular weight is 507 g/mol. The molecule has 174 valence electrons. The maximum absolute atomic E-state index is 12.4. The zero-order chi connectivity index (χ0) is 24.3. The van der Waals surface area contributed by atoms with E-state index in [1.165, 1.54) is 6.21 Å². The third kappa shape index (κ3) is 5.96. The SMILES string of the molecule is Cc1cccc(N(CC(=O)N/N=C/c2cc(C)n(-c3ccc(Cl)cc3Cl)c2C)S(C)(=O)=O)c1. The van der Waals surface area contributed by atoms with E-state index in [9.17, 15) is 13.2 Å². The van der Waals surface area contributed by atoms with Gasteiger partial charge in [0, 0.05) is 22.0 Å². The van der Waals surface area contributed by atoms with E-state index >= 15 is 0 Å². The van der Waals surface area contributed by atoms with Crippen molar-refractivity contribution in [2.75, 3.05) is 17.1 Å². The maximum Gasteiger partial charge on any atom is 0.260 e. The molecule has 0 spiro atoms. The summed E-state index contributed by atoms with van der Waals surface area (Å²) >= 11 is 12.4. The highest BCUT2D eigenvalue weighted by molar-refractivity contribution is 7.92. The summed E-state index contributed by atoms with van der Waals surface area (Å²) in [7, 11) is -3.66. The number of sulfonamides is 1. The number of rotatable bonds is 7. The fourth-order valence-electron chi connectivity index (χ4n) is 3.47. The highest BCUT2D eigenvalue weighted by atomic mass is 35.5. The fourth-order valence-corrected chi connectivity index (χ4v) is 4.82. The number of aryl methyl sites for hydroxylation is 2. The van der Waals surface area contributed by atoms with Gasteiger partial charge in [-0.1, -0.05) is 35.3 Å². The molecule has 1 heterocycles. The fraction of sp³-hybridized carbons (Fsp3) is 0.217. The second-order valence-electron chi connectivity index (χ2n) is 7.66. The van der Waals surface area contributed by atoms with Gasteiger partial charge in [-0.3, -0.25) is 9.10 Å². The van der Waals surface area contributed by atoms with Crippen LogP contribution in [0.3, 0.4) is 0 Å². The largest absolute Gasteiger partial charge is 0.316 e. The van der Waals surface area contributed by atoms with E-state index in [4.69, 9.17) is 23.2 Å². The normalized spacial score (nSPS) is 11.7. The summed E-state index contributed by atoms with van der Waals surface area (Å²) in [5, 5.41) is 5.08. The predicted octanol–water partition coefficient (Wildman–Crippen LogP) is 4.63. The first-order valence-electron chi connectivity index (χ1n) is 9.98. The van der Waals surface area contributed by atoms with Crippen LogP contribution in [0.1, 0.15) is 22.5 Å². The molecule has 0 radical (unpaired) electrons. The van der Waals surface area contributed by atoms with Crippen LogP contribution in [0.2, 0.25) is 10.0 Å². The molecule has 0 unspecified atom stereocenters. The molecule has 0 aliphatic heterocycles. The first-order chi connectivity index (χ1) is 15.5. The molecule has 1 amide bonds. The summed E-state index contributed by atoms with van der Waals surface area (Å²) < 4.78 is 27.5. The molecule has 0 aliphatic carbocycles. The zero-order valence-corrected chi connectivity index (χ0v) is 21.0. The molecule has 0 aliphatic rings. The van der Waals surface area contributed by atoms with Crippen molar-refractivity contribution in [1.82, 2.24) is 9.99 Å². The standard InChI is InChI=1S/C23H24Cl2N4O3S/c1-15-6-5-7-20(10-15)28(33(4,31)32)14-23(30)27-26-13-18-11-16(2)29(17(18)3)22-9-8-19(24)12-21(22)25/h5-13H,14H2,1-4H3,(H,27,30)/b26-13+. The molecule has 33 heavy (non-hydrogen) atoms. The Kier molecular flexibility index (Phi) is 7.51. The van der Waals surface area contributed by atoms with E-state index in [1.54, 1.807) is 30.3 Å². The molecular formula is C23H24Cl2N4O3S. The Morgan fingerprint density at radius 2 is 1.85 bits per heavy atom. The summed E-state index contributed by atoms with van der Waals surface area (Å²) in [6.45, 7) is 5.30. The van der Waals surface area contributed by atoms with Crippen LogP contribution in [-0.2, 0) is 14.8 Å². The minimum atomic E-state index is -3.66. The van der Waals surface area contributed by atoms with Gasteiger partial charge in [-0.15, -0.1) is 0 Å². The molecule has 1 N–H and O–H groups in total. The molecule has 10 heteroatoms. The number of amides is 1. The Hall–Kier alpha value is -2.81. The minimum absolute atomic E-state index is 0.390. The van der Waals surface area contributed by atoms with Gasteiger partial charge < -0.3 is 4.57 Å². The van der Waals surface area contributed by atoms with Gasteiger partial charge in [-0.2, -0.15) is 5.10 Å². The molecule has 0 saturated carbocycles. The van der Waals surface area contributed by atoms with Crippen LogP contribution in [0.25, 0.3) is 5.69 Å². The van der Waals surface area contributed by atoms with Crippen LogP contribution in [0, 0.1) is 20.8 Å². The number of nitrogens with zero attached hydrogens (tertiary/aromatic N) is 3.